The minimum absolute atomic E-state index is 0.0826. The number of azide groups is 1. The first-order valence-electron chi connectivity index (χ1n) is 9.79. The summed E-state index contributed by atoms with van der Waals surface area (Å²) in [6.45, 7) is 0.822. The third kappa shape index (κ3) is 4.45. The third-order valence-electron chi connectivity index (χ3n) is 4.90. The molecule has 0 radical (unpaired) electrons. The van der Waals surface area contributed by atoms with Crippen molar-refractivity contribution < 1.29 is 14.3 Å². The highest BCUT2D eigenvalue weighted by Gasteiger charge is 2.27. The summed E-state index contributed by atoms with van der Waals surface area (Å²) in [5.41, 5.74) is 11.4. The van der Waals surface area contributed by atoms with E-state index in [9.17, 15) is 9.59 Å². The standard InChI is InChI=1S/C23H19N5O3S/c1-31-13-12-28-19-11-10-17(25-22(29)15-6-8-16(9-7-15)26-27-24)14-21(19)32-20-5-3-2-4-18(20)23(28)30/h2-11,14H,12-13H2,1H3,(H,25,29). The predicted molar refractivity (Wildman–Crippen MR) is 124 cm³/mol. The van der Waals surface area contributed by atoms with Gasteiger partial charge < -0.3 is 15.0 Å². The molecule has 0 aromatic heterocycles. The molecule has 9 heteroatoms. The Hall–Kier alpha value is -3.78. The molecule has 3 aromatic carbocycles. The lowest BCUT2D eigenvalue weighted by Gasteiger charge is -2.23. The van der Waals surface area contributed by atoms with Crippen molar-refractivity contribution in [1.29, 1.82) is 0 Å². The zero-order valence-corrected chi connectivity index (χ0v) is 18.0. The van der Waals surface area contributed by atoms with Crippen molar-refractivity contribution in [3.8, 4) is 0 Å². The van der Waals surface area contributed by atoms with Crippen LogP contribution in [0.4, 0.5) is 17.1 Å². The largest absolute Gasteiger partial charge is 0.383 e. The number of amides is 2. The van der Waals surface area contributed by atoms with E-state index in [1.807, 2.05) is 36.4 Å². The minimum Gasteiger partial charge on any atom is -0.383 e. The van der Waals surface area contributed by atoms with E-state index in [2.05, 4.69) is 15.3 Å². The molecule has 1 N–H and O–H groups in total. The monoisotopic (exact) mass is 445 g/mol. The summed E-state index contributed by atoms with van der Waals surface area (Å²) in [5, 5.41) is 6.40. The molecule has 0 saturated carbocycles. The number of fused-ring (bicyclic) bond motifs is 2. The molecular weight excluding hydrogens is 426 g/mol. The zero-order chi connectivity index (χ0) is 22.5. The molecule has 1 heterocycles. The van der Waals surface area contributed by atoms with Crippen LogP contribution in [-0.2, 0) is 4.74 Å². The Morgan fingerprint density at radius 1 is 1.12 bits per heavy atom. The van der Waals surface area contributed by atoms with Crippen LogP contribution in [0.25, 0.3) is 10.4 Å². The molecule has 32 heavy (non-hydrogen) atoms. The zero-order valence-electron chi connectivity index (χ0n) is 17.2. The van der Waals surface area contributed by atoms with Gasteiger partial charge in [-0.1, -0.05) is 41.1 Å². The fourth-order valence-corrected chi connectivity index (χ4v) is 4.46. The first-order valence-corrected chi connectivity index (χ1v) is 10.6. The smallest absolute Gasteiger partial charge is 0.259 e. The molecular formula is C23H19N5O3S. The number of benzene rings is 3. The Morgan fingerprint density at radius 3 is 2.66 bits per heavy atom. The maximum absolute atomic E-state index is 13.2. The first-order chi connectivity index (χ1) is 15.6. The number of carbonyl (C=O) groups excluding carboxylic acids is 2. The van der Waals surface area contributed by atoms with Crippen LogP contribution in [0.1, 0.15) is 20.7 Å². The van der Waals surface area contributed by atoms with Gasteiger partial charge in [0.05, 0.1) is 17.9 Å². The molecule has 0 spiro atoms. The SMILES string of the molecule is COCCN1C(=O)c2ccccc2Sc2cc(NC(=O)c3ccc(N=[N+]=[N-])cc3)ccc21. The molecule has 0 atom stereocenters. The Balaban J connectivity index is 1.64. The van der Waals surface area contributed by atoms with Gasteiger partial charge in [-0.15, -0.1) is 0 Å². The van der Waals surface area contributed by atoms with Crippen LogP contribution in [0, 0.1) is 0 Å². The molecule has 8 nitrogen and oxygen atoms in total. The number of carbonyl (C=O) groups is 2. The van der Waals surface area contributed by atoms with Crippen molar-refractivity contribution in [3.63, 3.8) is 0 Å². The van der Waals surface area contributed by atoms with E-state index in [1.54, 1.807) is 42.3 Å². The fraction of sp³-hybridized carbons (Fsp3) is 0.130. The number of anilines is 2. The molecule has 0 saturated heterocycles. The van der Waals surface area contributed by atoms with Gasteiger partial charge in [0.25, 0.3) is 11.8 Å². The second kappa shape index (κ2) is 9.57. The Bertz CT molecular complexity index is 1220. The van der Waals surface area contributed by atoms with E-state index in [-0.39, 0.29) is 11.8 Å². The topological polar surface area (TPSA) is 107 Å². The lowest BCUT2D eigenvalue weighted by molar-refractivity contribution is 0.0972. The molecule has 4 rings (SSSR count). The Labute approximate surface area is 188 Å². The summed E-state index contributed by atoms with van der Waals surface area (Å²) in [4.78, 5) is 32.0. The van der Waals surface area contributed by atoms with Crippen molar-refractivity contribution in [2.75, 3.05) is 30.5 Å². The molecule has 0 bridgehead atoms. The van der Waals surface area contributed by atoms with Crippen molar-refractivity contribution in [2.24, 2.45) is 5.11 Å². The van der Waals surface area contributed by atoms with Gasteiger partial charge in [0.1, 0.15) is 0 Å². The molecule has 3 aromatic rings. The van der Waals surface area contributed by atoms with Gasteiger partial charge in [-0.25, -0.2) is 0 Å². The highest BCUT2D eigenvalue weighted by atomic mass is 32.2. The van der Waals surface area contributed by atoms with Crippen LogP contribution in [-0.4, -0.2) is 32.1 Å². The molecule has 1 aliphatic heterocycles. The number of hydrogen-bond acceptors (Lipinski definition) is 5. The normalized spacial score (nSPS) is 12.3. The van der Waals surface area contributed by atoms with Gasteiger partial charge in [-0.3, -0.25) is 9.59 Å². The summed E-state index contributed by atoms with van der Waals surface area (Å²) in [6, 6.07) is 19.3. The van der Waals surface area contributed by atoms with E-state index >= 15 is 0 Å². The van der Waals surface area contributed by atoms with Crippen LogP contribution in [0.3, 0.4) is 0 Å². The second-order valence-corrected chi connectivity index (χ2v) is 8.00. The second-order valence-electron chi connectivity index (χ2n) is 6.92. The average Bonchev–Trinajstić information content (AvgIpc) is 2.92. The fourth-order valence-electron chi connectivity index (χ4n) is 3.34. The van der Waals surface area contributed by atoms with Gasteiger partial charge in [0.15, 0.2) is 0 Å². The van der Waals surface area contributed by atoms with Gasteiger partial charge in [-0.05, 0) is 48.0 Å². The molecule has 160 valence electrons. The summed E-state index contributed by atoms with van der Waals surface area (Å²) in [6.07, 6.45) is 0. The van der Waals surface area contributed by atoms with Crippen LogP contribution >= 0.6 is 11.8 Å². The molecule has 0 unspecified atom stereocenters. The van der Waals surface area contributed by atoms with Crippen LogP contribution in [0.5, 0.6) is 0 Å². The summed E-state index contributed by atoms with van der Waals surface area (Å²) < 4.78 is 5.20. The molecule has 0 aliphatic carbocycles. The highest BCUT2D eigenvalue weighted by Crippen LogP contribution is 2.42. The number of nitrogens with zero attached hydrogens (tertiary/aromatic N) is 4. The Morgan fingerprint density at radius 2 is 1.91 bits per heavy atom. The predicted octanol–water partition coefficient (Wildman–Crippen LogP) is 5.64. The van der Waals surface area contributed by atoms with Crippen LogP contribution in [0.15, 0.2) is 81.6 Å². The number of methoxy groups -OCH3 is 1. The van der Waals surface area contributed by atoms with Crippen LogP contribution < -0.4 is 10.2 Å². The first kappa shape index (κ1) is 21.5. The quantitative estimate of drug-likeness (QED) is 0.301. The van der Waals surface area contributed by atoms with E-state index in [0.29, 0.717) is 35.7 Å². The van der Waals surface area contributed by atoms with Crippen molar-refractivity contribution >= 4 is 40.6 Å². The molecule has 0 fully saturated rings. The molecule has 1 aliphatic rings. The maximum Gasteiger partial charge on any atom is 0.259 e. The third-order valence-corrected chi connectivity index (χ3v) is 6.02. The molecule has 2 amide bonds. The van der Waals surface area contributed by atoms with E-state index in [1.165, 1.54) is 11.8 Å². The Kier molecular flexibility index (Phi) is 6.42. The number of ether oxygens (including phenoxy) is 1. The average molecular weight is 446 g/mol. The summed E-state index contributed by atoms with van der Waals surface area (Å²) in [7, 11) is 1.60. The van der Waals surface area contributed by atoms with Gasteiger partial charge in [-0.2, -0.15) is 0 Å². The lowest BCUT2D eigenvalue weighted by atomic mass is 10.1. The maximum atomic E-state index is 13.2. The number of hydrogen-bond donors (Lipinski definition) is 1. The van der Waals surface area contributed by atoms with Gasteiger partial charge >= 0.3 is 0 Å². The lowest BCUT2D eigenvalue weighted by Crippen LogP contribution is -2.33. The number of nitrogens with one attached hydrogen (secondary N) is 1. The minimum atomic E-state index is -0.288. The van der Waals surface area contributed by atoms with Crippen molar-refractivity contribution in [3.05, 3.63) is 88.3 Å². The van der Waals surface area contributed by atoms with Crippen molar-refractivity contribution in [2.45, 2.75) is 9.79 Å². The summed E-state index contributed by atoms with van der Waals surface area (Å²) >= 11 is 1.49. The van der Waals surface area contributed by atoms with E-state index in [0.717, 1.165) is 15.5 Å². The number of rotatable bonds is 6. The van der Waals surface area contributed by atoms with Gasteiger partial charge in [0, 0.05) is 45.3 Å². The van der Waals surface area contributed by atoms with Gasteiger partial charge in [0.2, 0.25) is 0 Å². The highest BCUT2D eigenvalue weighted by molar-refractivity contribution is 7.99. The van der Waals surface area contributed by atoms with Crippen LogP contribution in [0.2, 0.25) is 0 Å². The van der Waals surface area contributed by atoms with E-state index in [4.69, 9.17) is 10.3 Å². The summed E-state index contributed by atoms with van der Waals surface area (Å²) in [5.74, 6) is -0.371. The van der Waals surface area contributed by atoms with Crippen molar-refractivity contribution in [1.82, 2.24) is 0 Å². The van der Waals surface area contributed by atoms with E-state index < -0.39 is 0 Å².